The number of esters is 2. The number of fused-ring (bicyclic) bond motifs is 1. The van der Waals surface area contributed by atoms with E-state index in [2.05, 4.69) is 0 Å². The second-order valence-electron chi connectivity index (χ2n) is 6.80. The molecular formula is C22H20O6. The van der Waals surface area contributed by atoms with Gasteiger partial charge in [0, 0.05) is 6.08 Å². The molecule has 6 nitrogen and oxygen atoms in total. The molecule has 2 fully saturated rings. The number of aliphatic hydroxyl groups is 1. The Morgan fingerprint density at radius 2 is 1.79 bits per heavy atom. The molecule has 6 heteroatoms. The van der Waals surface area contributed by atoms with Gasteiger partial charge in [-0.1, -0.05) is 60.7 Å². The van der Waals surface area contributed by atoms with Gasteiger partial charge < -0.3 is 19.3 Å². The molecule has 0 aliphatic carbocycles. The van der Waals surface area contributed by atoms with Gasteiger partial charge in [-0.3, -0.25) is 4.79 Å². The van der Waals surface area contributed by atoms with E-state index < -0.39 is 42.5 Å². The molecule has 0 bridgehead atoms. The Morgan fingerprint density at radius 1 is 1.11 bits per heavy atom. The monoisotopic (exact) mass is 380 g/mol. The first-order valence-corrected chi connectivity index (χ1v) is 9.13. The molecule has 0 amide bonds. The first kappa shape index (κ1) is 18.4. The van der Waals surface area contributed by atoms with Gasteiger partial charge in [0.2, 0.25) is 0 Å². The Hall–Kier alpha value is -2.96. The third-order valence-electron chi connectivity index (χ3n) is 4.90. The molecular weight excluding hydrogens is 360 g/mol. The summed E-state index contributed by atoms with van der Waals surface area (Å²) in [6.45, 7) is 0. The molecule has 2 saturated heterocycles. The number of rotatable bonds is 5. The number of hydrogen-bond donors (Lipinski definition) is 1. The highest BCUT2D eigenvalue weighted by Crippen LogP contribution is 2.38. The number of ether oxygens (including phenoxy) is 3. The molecule has 2 aliphatic rings. The van der Waals surface area contributed by atoms with E-state index in [9.17, 15) is 14.7 Å². The summed E-state index contributed by atoms with van der Waals surface area (Å²) in [7, 11) is 0. The maximum absolute atomic E-state index is 12.4. The Balaban J connectivity index is 1.51. The van der Waals surface area contributed by atoms with Gasteiger partial charge in [-0.25, -0.2) is 4.79 Å². The van der Waals surface area contributed by atoms with Crippen LogP contribution >= 0.6 is 0 Å². The summed E-state index contributed by atoms with van der Waals surface area (Å²) in [6, 6.07) is 18.3. The lowest BCUT2D eigenvalue weighted by atomic mass is 9.98. The average Bonchev–Trinajstić information content (AvgIpc) is 3.24. The summed E-state index contributed by atoms with van der Waals surface area (Å²) in [5.41, 5.74) is 1.49. The second kappa shape index (κ2) is 7.96. The lowest BCUT2D eigenvalue weighted by Crippen LogP contribution is -2.39. The van der Waals surface area contributed by atoms with Crippen LogP contribution in [0.3, 0.4) is 0 Å². The van der Waals surface area contributed by atoms with Gasteiger partial charge in [0.1, 0.15) is 18.3 Å². The fourth-order valence-electron chi connectivity index (χ4n) is 3.56. The van der Waals surface area contributed by atoms with Crippen molar-refractivity contribution < 1.29 is 28.9 Å². The predicted molar refractivity (Wildman–Crippen MR) is 99.9 cm³/mol. The highest BCUT2D eigenvalue weighted by Gasteiger charge is 2.55. The Morgan fingerprint density at radius 3 is 2.50 bits per heavy atom. The van der Waals surface area contributed by atoms with Crippen LogP contribution in [0.25, 0.3) is 6.08 Å². The van der Waals surface area contributed by atoms with Crippen LogP contribution in [0.1, 0.15) is 23.7 Å². The van der Waals surface area contributed by atoms with Gasteiger partial charge in [-0.05, 0) is 17.2 Å². The minimum Gasteiger partial charge on any atom is -0.455 e. The summed E-state index contributed by atoms with van der Waals surface area (Å²) in [5.74, 6) is -0.991. The van der Waals surface area contributed by atoms with Crippen molar-refractivity contribution >= 4 is 18.0 Å². The zero-order chi connectivity index (χ0) is 19.5. The molecule has 1 N–H and O–H groups in total. The Kier molecular flexibility index (Phi) is 5.23. The van der Waals surface area contributed by atoms with E-state index in [0.717, 1.165) is 5.56 Å². The fraction of sp³-hybridized carbons (Fsp3) is 0.273. The lowest BCUT2D eigenvalue weighted by molar-refractivity contribution is -0.162. The topological polar surface area (TPSA) is 82.1 Å². The molecule has 2 aromatic rings. The van der Waals surface area contributed by atoms with Crippen molar-refractivity contribution in [2.24, 2.45) is 0 Å². The van der Waals surface area contributed by atoms with E-state index in [1.807, 2.05) is 36.4 Å². The van der Waals surface area contributed by atoms with Crippen molar-refractivity contribution in [3.05, 3.63) is 77.9 Å². The largest absolute Gasteiger partial charge is 0.455 e. The van der Waals surface area contributed by atoms with Crippen molar-refractivity contribution in [2.45, 2.75) is 36.9 Å². The van der Waals surface area contributed by atoms with Crippen LogP contribution in [0.2, 0.25) is 0 Å². The summed E-state index contributed by atoms with van der Waals surface area (Å²) in [5, 5.41) is 10.8. The summed E-state index contributed by atoms with van der Waals surface area (Å²) >= 11 is 0. The van der Waals surface area contributed by atoms with Crippen LogP contribution in [0.15, 0.2) is 66.7 Å². The zero-order valence-corrected chi connectivity index (χ0v) is 15.0. The number of carbonyl (C=O) groups is 2. The van der Waals surface area contributed by atoms with Crippen LogP contribution in [0.4, 0.5) is 0 Å². The van der Waals surface area contributed by atoms with Crippen LogP contribution in [-0.4, -0.2) is 41.5 Å². The van der Waals surface area contributed by atoms with Crippen LogP contribution in [0, 0.1) is 0 Å². The highest BCUT2D eigenvalue weighted by molar-refractivity contribution is 5.87. The van der Waals surface area contributed by atoms with Crippen molar-refractivity contribution in [1.82, 2.24) is 0 Å². The van der Waals surface area contributed by atoms with Crippen LogP contribution < -0.4 is 0 Å². The van der Waals surface area contributed by atoms with E-state index in [1.54, 1.807) is 30.3 Å². The van der Waals surface area contributed by atoms with E-state index >= 15 is 0 Å². The molecule has 0 aromatic heterocycles. The average molecular weight is 380 g/mol. The highest BCUT2D eigenvalue weighted by atomic mass is 16.7. The summed E-state index contributed by atoms with van der Waals surface area (Å²) in [4.78, 5) is 24.0. The minimum absolute atomic E-state index is 0.0799. The normalized spacial score (nSPS) is 27.4. The third-order valence-corrected chi connectivity index (χ3v) is 4.90. The van der Waals surface area contributed by atoms with E-state index in [0.29, 0.717) is 5.56 Å². The maximum atomic E-state index is 12.4. The molecule has 2 aliphatic heterocycles. The van der Waals surface area contributed by atoms with Crippen LogP contribution in [-0.2, 0) is 23.8 Å². The maximum Gasteiger partial charge on any atom is 0.331 e. The van der Waals surface area contributed by atoms with Gasteiger partial charge in [-0.15, -0.1) is 0 Å². The van der Waals surface area contributed by atoms with E-state index in [-0.39, 0.29) is 6.42 Å². The molecule has 0 unspecified atom stereocenters. The van der Waals surface area contributed by atoms with Gasteiger partial charge >= 0.3 is 11.9 Å². The van der Waals surface area contributed by atoms with Crippen molar-refractivity contribution in [3.63, 3.8) is 0 Å². The minimum atomic E-state index is -1.01. The third kappa shape index (κ3) is 3.83. The Labute approximate surface area is 162 Å². The molecule has 28 heavy (non-hydrogen) atoms. The SMILES string of the molecule is O=C(C=Cc1ccccc1)O[C@@H]1[C@H]([C@@H](O)c2ccccc2)O[C@H]2CC(=O)O[C@@H]12. The number of hydrogen-bond acceptors (Lipinski definition) is 6. The van der Waals surface area contributed by atoms with Gasteiger partial charge in [0.25, 0.3) is 0 Å². The van der Waals surface area contributed by atoms with Gasteiger partial charge in [0.15, 0.2) is 12.2 Å². The molecule has 4 rings (SSSR count). The first-order valence-electron chi connectivity index (χ1n) is 9.13. The van der Waals surface area contributed by atoms with Gasteiger partial charge in [0.05, 0.1) is 6.42 Å². The van der Waals surface area contributed by atoms with E-state index in [1.165, 1.54) is 6.08 Å². The molecule has 144 valence electrons. The number of carbonyl (C=O) groups excluding carboxylic acids is 2. The second-order valence-corrected chi connectivity index (χ2v) is 6.80. The van der Waals surface area contributed by atoms with Crippen molar-refractivity contribution in [2.75, 3.05) is 0 Å². The van der Waals surface area contributed by atoms with Gasteiger partial charge in [-0.2, -0.15) is 0 Å². The summed E-state index contributed by atoms with van der Waals surface area (Å²) in [6.07, 6.45) is -0.946. The standard InChI is InChI=1S/C22H20O6/c23-17(12-11-14-7-3-1-4-8-14)27-22-20-16(13-18(24)28-20)26-21(22)19(25)15-9-5-2-6-10-15/h1-12,16,19-22,25H,13H2/t16-,19-,20+,21-,22-/m0/s1. The fourth-order valence-corrected chi connectivity index (χ4v) is 3.56. The molecule has 2 heterocycles. The predicted octanol–water partition coefficient (Wildman–Crippen LogP) is 2.43. The Bertz CT molecular complexity index is 863. The lowest BCUT2D eigenvalue weighted by Gasteiger charge is -2.25. The quantitative estimate of drug-likeness (QED) is 0.634. The molecule has 2 aromatic carbocycles. The smallest absolute Gasteiger partial charge is 0.331 e. The number of aliphatic hydroxyl groups excluding tert-OH is 1. The molecule has 0 saturated carbocycles. The van der Waals surface area contributed by atoms with Crippen molar-refractivity contribution in [3.8, 4) is 0 Å². The van der Waals surface area contributed by atoms with E-state index in [4.69, 9.17) is 14.2 Å². The van der Waals surface area contributed by atoms with Crippen molar-refractivity contribution in [1.29, 1.82) is 0 Å². The molecule has 5 atom stereocenters. The molecule has 0 radical (unpaired) electrons. The molecule has 0 spiro atoms. The van der Waals surface area contributed by atoms with Crippen LogP contribution in [0.5, 0.6) is 0 Å². The zero-order valence-electron chi connectivity index (χ0n) is 15.0. The number of benzene rings is 2. The summed E-state index contributed by atoms with van der Waals surface area (Å²) < 4.78 is 16.7. The first-order chi connectivity index (χ1) is 13.6.